The summed E-state index contributed by atoms with van der Waals surface area (Å²) in [6.07, 6.45) is 0. The lowest BCUT2D eigenvalue weighted by Crippen LogP contribution is -2.50. The van der Waals surface area contributed by atoms with Crippen LogP contribution >= 0.6 is 0 Å². The molecule has 146 valence electrons. The number of nitro benzene ring substituents is 1. The molecule has 1 aliphatic rings. The van der Waals surface area contributed by atoms with Gasteiger partial charge < -0.3 is 14.5 Å². The molecule has 0 unspecified atom stereocenters. The van der Waals surface area contributed by atoms with Crippen molar-refractivity contribution in [3.05, 3.63) is 69.3 Å². The van der Waals surface area contributed by atoms with Gasteiger partial charge in [0.15, 0.2) is 5.75 Å². The molecule has 1 heterocycles. The van der Waals surface area contributed by atoms with Crippen molar-refractivity contribution in [3.8, 4) is 5.75 Å². The van der Waals surface area contributed by atoms with Crippen molar-refractivity contribution in [2.24, 2.45) is 0 Å². The van der Waals surface area contributed by atoms with Gasteiger partial charge >= 0.3 is 5.69 Å². The van der Waals surface area contributed by atoms with Gasteiger partial charge in [0.2, 0.25) is 0 Å². The molecule has 1 aliphatic heterocycles. The molecule has 8 nitrogen and oxygen atoms in total. The zero-order valence-corrected chi connectivity index (χ0v) is 15.8. The quantitative estimate of drug-likeness (QED) is 0.597. The minimum Gasteiger partial charge on any atom is -0.490 e. The van der Waals surface area contributed by atoms with Crippen LogP contribution in [0.2, 0.25) is 0 Å². The van der Waals surface area contributed by atoms with Gasteiger partial charge in [0.05, 0.1) is 12.0 Å². The van der Waals surface area contributed by atoms with Crippen molar-refractivity contribution in [1.82, 2.24) is 9.80 Å². The van der Waals surface area contributed by atoms with Crippen molar-refractivity contribution in [3.63, 3.8) is 0 Å². The number of ether oxygens (including phenoxy) is 1. The zero-order valence-electron chi connectivity index (χ0n) is 15.8. The number of rotatable bonds is 4. The highest BCUT2D eigenvalue weighted by atomic mass is 16.6. The number of carbonyl (C=O) groups is 2. The van der Waals surface area contributed by atoms with E-state index >= 15 is 0 Å². The largest absolute Gasteiger partial charge is 0.490 e. The fraction of sp³-hybridized carbons (Fsp3) is 0.300. The number of aryl methyl sites for hydroxylation is 1. The number of amides is 2. The van der Waals surface area contributed by atoms with Crippen molar-refractivity contribution >= 4 is 17.5 Å². The van der Waals surface area contributed by atoms with Gasteiger partial charge in [-0.05, 0) is 25.1 Å². The topological polar surface area (TPSA) is 93.0 Å². The van der Waals surface area contributed by atoms with Gasteiger partial charge in [-0.25, -0.2) is 0 Å². The van der Waals surface area contributed by atoms with Crippen molar-refractivity contribution in [2.45, 2.75) is 6.92 Å². The van der Waals surface area contributed by atoms with Crippen LogP contribution in [0.3, 0.4) is 0 Å². The average molecular weight is 383 g/mol. The molecule has 28 heavy (non-hydrogen) atoms. The number of nitrogens with zero attached hydrogens (tertiary/aromatic N) is 3. The minimum absolute atomic E-state index is 0.0454. The summed E-state index contributed by atoms with van der Waals surface area (Å²) in [7, 11) is 1.33. The number of benzene rings is 2. The molecule has 0 aliphatic carbocycles. The third-order valence-electron chi connectivity index (χ3n) is 4.78. The molecule has 0 saturated carbocycles. The first kappa shape index (κ1) is 19.3. The number of carbonyl (C=O) groups excluding carboxylic acids is 2. The number of nitro groups is 1. The van der Waals surface area contributed by atoms with Crippen LogP contribution in [0.1, 0.15) is 26.3 Å². The maximum Gasteiger partial charge on any atom is 0.310 e. The Morgan fingerprint density at radius 2 is 1.43 bits per heavy atom. The second kappa shape index (κ2) is 8.08. The molecular formula is C20H21N3O5. The second-order valence-corrected chi connectivity index (χ2v) is 6.59. The van der Waals surface area contributed by atoms with Crippen LogP contribution in [0, 0.1) is 17.0 Å². The van der Waals surface area contributed by atoms with Gasteiger partial charge in [-0.3, -0.25) is 19.7 Å². The van der Waals surface area contributed by atoms with E-state index in [1.807, 2.05) is 19.1 Å². The molecule has 0 N–H and O–H groups in total. The summed E-state index contributed by atoms with van der Waals surface area (Å²) in [6, 6.07) is 11.5. The summed E-state index contributed by atoms with van der Waals surface area (Å²) in [5.74, 6) is -0.247. The maximum atomic E-state index is 12.7. The number of methoxy groups -OCH3 is 1. The average Bonchev–Trinajstić information content (AvgIpc) is 2.72. The smallest absolute Gasteiger partial charge is 0.310 e. The highest BCUT2D eigenvalue weighted by molar-refractivity contribution is 5.96. The molecule has 1 fully saturated rings. The van der Waals surface area contributed by atoms with E-state index in [9.17, 15) is 19.7 Å². The normalized spacial score (nSPS) is 13.9. The van der Waals surface area contributed by atoms with Gasteiger partial charge in [-0.1, -0.05) is 17.7 Å². The SMILES string of the molecule is COc1cc(C(=O)N2CCN(C(=O)c3ccc(C)cc3)CC2)ccc1[N+](=O)[O-]. The second-order valence-electron chi connectivity index (χ2n) is 6.59. The van der Waals surface area contributed by atoms with E-state index in [1.165, 1.54) is 25.3 Å². The molecule has 0 atom stereocenters. The summed E-state index contributed by atoms with van der Waals surface area (Å²) in [6.45, 7) is 3.63. The van der Waals surface area contributed by atoms with Crippen LogP contribution in [0.25, 0.3) is 0 Å². The molecule has 3 rings (SSSR count). The maximum absolute atomic E-state index is 12.7. The lowest BCUT2D eigenvalue weighted by atomic mass is 10.1. The zero-order chi connectivity index (χ0) is 20.3. The molecule has 2 amide bonds. The summed E-state index contributed by atoms with van der Waals surface area (Å²) in [5.41, 5.74) is 1.85. The Labute approximate surface area is 162 Å². The molecule has 0 spiro atoms. The fourth-order valence-corrected chi connectivity index (χ4v) is 3.14. The lowest BCUT2D eigenvalue weighted by Gasteiger charge is -2.35. The first-order valence-corrected chi connectivity index (χ1v) is 8.88. The molecule has 0 aromatic heterocycles. The van der Waals surface area contributed by atoms with Gasteiger partial charge in [0.1, 0.15) is 0 Å². The summed E-state index contributed by atoms with van der Waals surface area (Å²) in [5, 5.41) is 11.0. The Bertz CT molecular complexity index is 903. The lowest BCUT2D eigenvalue weighted by molar-refractivity contribution is -0.385. The molecule has 1 saturated heterocycles. The van der Waals surface area contributed by atoms with Crippen LogP contribution in [-0.4, -0.2) is 59.8 Å². The first-order chi connectivity index (χ1) is 13.4. The Morgan fingerprint density at radius 3 is 1.93 bits per heavy atom. The Hall–Kier alpha value is -3.42. The predicted octanol–water partition coefficient (Wildman–Crippen LogP) is 2.51. The van der Waals surface area contributed by atoms with Crippen LogP contribution < -0.4 is 4.74 Å². The molecule has 2 aromatic rings. The van der Waals surface area contributed by atoms with Gasteiger partial charge in [0, 0.05) is 49.4 Å². The number of hydrogen-bond acceptors (Lipinski definition) is 5. The Morgan fingerprint density at radius 1 is 0.929 bits per heavy atom. The van der Waals surface area contributed by atoms with E-state index in [1.54, 1.807) is 21.9 Å². The Kier molecular flexibility index (Phi) is 5.58. The highest BCUT2D eigenvalue weighted by Crippen LogP contribution is 2.28. The van der Waals surface area contributed by atoms with Gasteiger partial charge in [0.25, 0.3) is 11.8 Å². The van der Waals surface area contributed by atoms with Crippen molar-refractivity contribution < 1.29 is 19.2 Å². The number of piperazine rings is 1. The number of hydrogen-bond donors (Lipinski definition) is 0. The van der Waals surface area contributed by atoms with Crippen molar-refractivity contribution in [1.29, 1.82) is 0 Å². The third kappa shape index (κ3) is 3.95. The molecule has 2 aromatic carbocycles. The highest BCUT2D eigenvalue weighted by Gasteiger charge is 2.26. The van der Waals surface area contributed by atoms with Crippen molar-refractivity contribution in [2.75, 3.05) is 33.3 Å². The Balaban J connectivity index is 1.66. The fourth-order valence-electron chi connectivity index (χ4n) is 3.14. The van der Waals surface area contributed by atoms with Gasteiger partial charge in [-0.15, -0.1) is 0 Å². The summed E-state index contributed by atoms with van der Waals surface area (Å²) in [4.78, 5) is 39.1. The van der Waals surface area contributed by atoms with E-state index in [0.717, 1.165) is 5.56 Å². The van der Waals surface area contributed by atoms with Crippen LogP contribution in [0.5, 0.6) is 5.75 Å². The van der Waals surface area contributed by atoms with Gasteiger partial charge in [-0.2, -0.15) is 0 Å². The van der Waals surface area contributed by atoms with Crippen LogP contribution in [0.15, 0.2) is 42.5 Å². The third-order valence-corrected chi connectivity index (χ3v) is 4.78. The van der Waals surface area contributed by atoms with Crippen LogP contribution in [-0.2, 0) is 0 Å². The summed E-state index contributed by atoms with van der Waals surface area (Å²) < 4.78 is 5.03. The predicted molar refractivity (Wildman–Crippen MR) is 103 cm³/mol. The van der Waals surface area contributed by atoms with E-state index in [2.05, 4.69) is 0 Å². The molecule has 0 radical (unpaired) electrons. The summed E-state index contributed by atoms with van der Waals surface area (Å²) >= 11 is 0. The molecule has 8 heteroatoms. The van der Waals surface area contributed by atoms with E-state index in [-0.39, 0.29) is 23.3 Å². The van der Waals surface area contributed by atoms with Crippen LogP contribution in [0.4, 0.5) is 5.69 Å². The van der Waals surface area contributed by atoms with E-state index < -0.39 is 4.92 Å². The standard InChI is InChI=1S/C20H21N3O5/c1-14-3-5-15(6-4-14)19(24)21-9-11-22(12-10-21)20(25)16-7-8-17(23(26)27)18(13-16)28-2/h3-8,13H,9-12H2,1-2H3. The molecular weight excluding hydrogens is 362 g/mol. The first-order valence-electron chi connectivity index (χ1n) is 8.88. The molecule has 0 bridgehead atoms. The van der Waals surface area contributed by atoms with E-state index in [4.69, 9.17) is 4.74 Å². The minimum atomic E-state index is -0.553. The monoisotopic (exact) mass is 383 g/mol. The van der Waals surface area contributed by atoms with E-state index in [0.29, 0.717) is 37.3 Å².